The molecule has 20 heavy (non-hydrogen) atoms. The van der Waals surface area contributed by atoms with Crippen molar-refractivity contribution < 1.29 is 4.74 Å². The van der Waals surface area contributed by atoms with E-state index in [9.17, 15) is 0 Å². The van der Waals surface area contributed by atoms with E-state index in [1.54, 1.807) is 7.11 Å². The minimum Gasteiger partial charge on any atom is -0.385 e. The molecule has 1 saturated carbocycles. The molecule has 1 aliphatic carbocycles. The maximum atomic E-state index is 5.18. The molecule has 1 spiro atoms. The number of hydrogen-bond donors (Lipinski definition) is 1. The van der Waals surface area contributed by atoms with Crippen molar-refractivity contribution in [3.8, 4) is 0 Å². The average Bonchev–Trinajstić information content (AvgIpc) is 2.77. The average molecular weight is 298 g/mol. The lowest BCUT2D eigenvalue weighted by molar-refractivity contribution is 0.155. The molecule has 4 heteroatoms. The van der Waals surface area contributed by atoms with E-state index in [0.717, 1.165) is 25.5 Å². The van der Waals surface area contributed by atoms with Crippen LogP contribution >= 0.6 is 11.8 Å². The minimum atomic E-state index is 0.223. The molecule has 0 aromatic rings. The summed E-state index contributed by atoms with van der Waals surface area (Å²) >= 11 is 1.92. The van der Waals surface area contributed by atoms with Crippen molar-refractivity contribution in [2.75, 3.05) is 26.0 Å². The van der Waals surface area contributed by atoms with Crippen molar-refractivity contribution in [3.05, 3.63) is 0 Å². The van der Waals surface area contributed by atoms with Gasteiger partial charge < -0.3 is 10.1 Å². The Morgan fingerprint density at radius 2 is 2.30 bits per heavy atom. The number of ether oxygens (including phenoxy) is 1. The third-order valence-electron chi connectivity index (χ3n) is 4.58. The molecule has 3 nitrogen and oxygen atoms in total. The Kier molecular flexibility index (Phi) is 5.41. The normalized spacial score (nSPS) is 32.8. The van der Waals surface area contributed by atoms with Crippen LogP contribution in [0.2, 0.25) is 0 Å². The second-order valence-electron chi connectivity index (χ2n) is 7.42. The van der Waals surface area contributed by atoms with Crippen LogP contribution in [-0.2, 0) is 4.74 Å². The monoisotopic (exact) mass is 298 g/mol. The summed E-state index contributed by atoms with van der Waals surface area (Å²) in [7, 11) is 1.77. The molecule has 1 heterocycles. The van der Waals surface area contributed by atoms with Gasteiger partial charge in [-0.1, -0.05) is 45.4 Å². The quantitative estimate of drug-likeness (QED) is 0.840. The zero-order valence-corrected chi connectivity index (χ0v) is 14.3. The van der Waals surface area contributed by atoms with Crippen LogP contribution in [0.5, 0.6) is 0 Å². The molecule has 2 aliphatic rings. The van der Waals surface area contributed by atoms with Gasteiger partial charge in [-0.25, -0.2) is 0 Å². The molecule has 116 valence electrons. The summed E-state index contributed by atoms with van der Waals surface area (Å²) in [5, 5.41) is 4.92. The van der Waals surface area contributed by atoms with Crippen LogP contribution in [0.4, 0.5) is 0 Å². The Balaban J connectivity index is 1.87. The maximum absolute atomic E-state index is 5.18. The largest absolute Gasteiger partial charge is 0.385 e. The lowest BCUT2D eigenvalue weighted by Gasteiger charge is -2.36. The summed E-state index contributed by atoms with van der Waals surface area (Å²) in [5.74, 6) is 2.06. The predicted octanol–water partition coefficient (Wildman–Crippen LogP) is 3.69. The fourth-order valence-corrected chi connectivity index (χ4v) is 4.43. The number of aliphatic imine (C=N–C) groups is 1. The summed E-state index contributed by atoms with van der Waals surface area (Å²) < 4.78 is 5.18. The predicted molar refractivity (Wildman–Crippen MR) is 88.5 cm³/mol. The van der Waals surface area contributed by atoms with Crippen LogP contribution in [0.25, 0.3) is 0 Å². The fraction of sp³-hybridized carbons (Fsp3) is 0.938. The van der Waals surface area contributed by atoms with Crippen LogP contribution in [0.15, 0.2) is 4.99 Å². The lowest BCUT2D eigenvalue weighted by atomic mass is 9.78. The number of rotatable bonds is 5. The van der Waals surface area contributed by atoms with Crippen LogP contribution in [0.1, 0.15) is 52.9 Å². The Labute approximate surface area is 128 Å². The fourth-order valence-electron chi connectivity index (χ4n) is 3.24. The van der Waals surface area contributed by atoms with Gasteiger partial charge in [0.25, 0.3) is 0 Å². The first kappa shape index (κ1) is 16.2. The van der Waals surface area contributed by atoms with Crippen LogP contribution in [0, 0.1) is 11.3 Å². The molecule has 0 aromatic heterocycles. The number of thioether (sulfide) groups is 1. The highest BCUT2D eigenvalue weighted by atomic mass is 32.2. The van der Waals surface area contributed by atoms with Gasteiger partial charge in [-0.05, 0) is 30.6 Å². The van der Waals surface area contributed by atoms with Crippen molar-refractivity contribution in [1.82, 2.24) is 5.32 Å². The van der Waals surface area contributed by atoms with Gasteiger partial charge in [0.1, 0.15) is 0 Å². The highest BCUT2D eigenvalue weighted by Gasteiger charge is 2.40. The number of methoxy groups -OCH3 is 1. The van der Waals surface area contributed by atoms with Gasteiger partial charge in [0, 0.05) is 31.6 Å². The summed E-state index contributed by atoms with van der Waals surface area (Å²) in [6.45, 7) is 8.63. The SMILES string of the molecule is COCCC(C)(C)CN=C1NC2(CCCC(C)C2)CS1. The topological polar surface area (TPSA) is 33.6 Å². The van der Waals surface area contributed by atoms with Crippen molar-refractivity contribution in [2.24, 2.45) is 16.3 Å². The Bertz CT molecular complexity index is 356. The second-order valence-corrected chi connectivity index (χ2v) is 8.39. The molecule has 0 bridgehead atoms. The number of nitrogens with one attached hydrogen (secondary N) is 1. The van der Waals surface area contributed by atoms with Crippen LogP contribution in [-0.4, -0.2) is 36.7 Å². The molecule has 2 fully saturated rings. The number of nitrogens with zero attached hydrogens (tertiary/aromatic N) is 1. The first-order valence-corrected chi connectivity index (χ1v) is 8.88. The van der Waals surface area contributed by atoms with Crippen molar-refractivity contribution in [1.29, 1.82) is 0 Å². The molecule has 0 aromatic carbocycles. The highest BCUT2D eigenvalue weighted by Crippen LogP contribution is 2.38. The Morgan fingerprint density at radius 1 is 1.50 bits per heavy atom. The van der Waals surface area contributed by atoms with Crippen molar-refractivity contribution in [2.45, 2.75) is 58.4 Å². The molecule has 2 atom stereocenters. The summed E-state index contributed by atoms with van der Waals surface area (Å²) in [6.07, 6.45) is 6.45. The van der Waals surface area contributed by atoms with Crippen molar-refractivity contribution >= 4 is 16.9 Å². The van der Waals surface area contributed by atoms with Gasteiger partial charge in [-0.2, -0.15) is 0 Å². The smallest absolute Gasteiger partial charge is 0.157 e. The van der Waals surface area contributed by atoms with E-state index in [4.69, 9.17) is 9.73 Å². The molecule has 0 amide bonds. The van der Waals surface area contributed by atoms with E-state index < -0.39 is 0 Å². The Morgan fingerprint density at radius 3 is 3.00 bits per heavy atom. The first-order valence-electron chi connectivity index (χ1n) is 7.89. The Hall–Kier alpha value is -0.220. The van der Waals surface area contributed by atoms with E-state index in [0.29, 0.717) is 5.54 Å². The van der Waals surface area contributed by atoms with E-state index in [1.165, 1.54) is 36.6 Å². The minimum absolute atomic E-state index is 0.223. The number of amidine groups is 1. The van der Waals surface area contributed by atoms with Crippen LogP contribution in [0.3, 0.4) is 0 Å². The van der Waals surface area contributed by atoms with Gasteiger partial charge >= 0.3 is 0 Å². The van der Waals surface area contributed by atoms with Crippen LogP contribution < -0.4 is 5.32 Å². The molecular weight excluding hydrogens is 268 g/mol. The molecule has 0 radical (unpaired) electrons. The molecule has 2 unspecified atom stereocenters. The van der Waals surface area contributed by atoms with Gasteiger partial charge in [-0.3, -0.25) is 4.99 Å². The van der Waals surface area contributed by atoms with Gasteiger partial charge in [0.05, 0.1) is 0 Å². The molecule has 2 rings (SSSR count). The zero-order chi connectivity index (χ0) is 14.6. The van der Waals surface area contributed by atoms with E-state index in [-0.39, 0.29) is 5.41 Å². The summed E-state index contributed by atoms with van der Waals surface area (Å²) in [5.41, 5.74) is 0.568. The number of hydrogen-bond acceptors (Lipinski definition) is 3. The summed E-state index contributed by atoms with van der Waals surface area (Å²) in [6, 6.07) is 0. The molecule has 1 aliphatic heterocycles. The summed E-state index contributed by atoms with van der Waals surface area (Å²) in [4.78, 5) is 4.84. The highest BCUT2D eigenvalue weighted by molar-refractivity contribution is 8.14. The maximum Gasteiger partial charge on any atom is 0.157 e. The van der Waals surface area contributed by atoms with Gasteiger partial charge in [-0.15, -0.1) is 0 Å². The van der Waals surface area contributed by atoms with Crippen molar-refractivity contribution in [3.63, 3.8) is 0 Å². The van der Waals surface area contributed by atoms with E-state index in [2.05, 4.69) is 26.1 Å². The third kappa shape index (κ3) is 4.39. The van der Waals surface area contributed by atoms with E-state index in [1.807, 2.05) is 11.8 Å². The standard InChI is InChI=1S/C16H30N2OS/c1-13-6-5-7-16(10-13)12-20-14(18-16)17-11-15(2,3)8-9-19-4/h13H,5-12H2,1-4H3,(H,17,18). The molecule has 1 saturated heterocycles. The third-order valence-corrected chi connectivity index (χ3v) is 5.78. The van der Waals surface area contributed by atoms with E-state index >= 15 is 0 Å². The van der Waals surface area contributed by atoms with Gasteiger partial charge in [0.2, 0.25) is 0 Å². The lowest BCUT2D eigenvalue weighted by Crippen LogP contribution is -2.47. The first-order chi connectivity index (χ1) is 9.45. The second kappa shape index (κ2) is 6.69. The van der Waals surface area contributed by atoms with Gasteiger partial charge in [0.15, 0.2) is 5.17 Å². The zero-order valence-electron chi connectivity index (χ0n) is 13.5. The molecule has 1 N–H and O–H groups in total. The molecular formula is C16H30N2OS.